The summed E-state index contributed by atoms with van der Waals surface area (Å²) in [4.78, 5) is 34.5. The number of ether oxygens (including phenoxy) is 1. The number of nitrogens with one attached hydrogen (secondary N) is 1. The van der Waals surface area contributed by atoms with Crippen molar-refractivity contribution in [2.45, 2.75) is 12.8 Å². The van der Waals surface area contributed by atoms with Gasteiger partial charge in [-0.3, -0.25) is 14.4 Å². The topological polar surface area (TPSA) is 119 Å². The van der Waals surface area contributed by atoms with E-state index in [0.717, 1.165) is 0 Å². The molecule has 2 amide bonds. The van der Waals surface area contributed by atoms with Crippen LogP contribution in [0.15, 0.2) is 24.3 Å². The number of aliphatic carboxylic acids is 1. The molecule has 1 heterocycles. The number of primary amides is 1. The predicted molar refractivity (Wildman–Crippen MR) is 77.4 cm³/mol. The molecule has 118 valence electrons. The number of nitrogens with two attached hydrogens (primary N) is 1. The van der Waals surface area contributed by atoms with Gasteiger partial charge >= 0.3 is 5.97 Å². The largest absolute Gasteiger partial charge is 0.481 e. The van der Waals surface area contributed by atoms with Gasteiger partial charge in [-0.2, -0.15) is 0 Å². The second kappa shape index (κ2) is 6.57. The number of carbonyl (C=O) groups is 3. The van der Waals surface area contributed by atoms with Gasteiger partial charge in [0.1, 0.15) is 0 Å². The molecule has 7 heteroatoms. The average Bonchev–Trinajstić information content (AvgIpc) is 2.53. The van der Waals surface area contributed by atoms with E-state index in [2.05, 4.69) is 5.32 Å². The lowest BCUT2D eigenvalue weighted by atomic mass is 9.80. The molecule has 7 nitrogen and oxygen atoms in total. The smallest absolute Gasteiger partial charge is 0.311 e. The lowest BCUT2D eigenvalue weighted by Crippen LogP contribution is -2.46. The minimum absolute atomic E-state index is 0.0437. The fraction of sp³-hybridized carbons (Fsp3) is 0.400. The van der Waals surface area contributed by atoms with E-state index in [1.54, 1.807) is 0 Å². The average molecular weight is 306 g/mol. The van der Waals surface area contributed by atoms with Crippen molar-refractivity contribution in [2.75, 3.05) is 19.8 Å². The summed E-state index contributed by atoms with van der Waals surface area (Å²) in [7, 11) is 0. The monoisotopic (exact) mass is 306 g/mol. The Labute approximate surface area is 127 Å². The van der Waals surface area contributed by atoms with Crippen molar-refractivity contribution in [3.05, 3.63) is 35.4 Å². The number of carbonyl (C=O) groups excluding carboxylic acids is 2. The van der Waals surface area contributed by atoms with Crippen LogP contribution in [-0.2, 0) is 9.53 Å². The third-order valence-corrected chi connectivity index (χ3v) is 3.92. The van der Waals surface area contributed by atoms with Crippen LogP contribution in [0, 0.1) is 5.41 Å². The van der Waals surface area contributed by atoms with Crippen LogP contribution >= 0.6 is 0 Å². The summed E-state index contributed by atoms with van der Waals surface area (Å²) in [6.07, 6.45) is 0.729. The molecule has 0 bridgehead atoms. The van der Waals surface area contributed by atoms with E-state index < -0.39 is 17.3 Å². The van der Waals surface area contributed by atoms with Crippen molar-refractivity contribution < 1.29 is 24.2 Å². The molecule has 4 N–H and O–H groups in total. The fourth-order valence-corrected chi connectivity index (χ4v) is 2.37. The van der Waals surface area contributed by atoms with Gasteiger partial charge < -0.3 is 20.9 Å². The molecule has 0 saturated carbocycles. The van der Waals surface area contributed by atoms with Gasteiger partial charge in [0.25, 0.3) is 5.91 Å². The Bertz CT molecular complexity index is 576. The summed E-state index contributed by atoms with van der Waals surface area (Å²) in [5, 5.41) is 12.1. The van der Waals surface area contributed by atoms with Crippen molar-refractivity contribution in [3.8, 4) is 0 Å². The number of hydrogen-bond donors (Lipinski definition) is 3. The van der Waals surface area contributed by atoms with Crippen LogP contribution in [0.1, 0.15) is 33.6 Å². The first kappa shape index (κ1) is 16.0. The number of hydrogen-bond acceptors (Lipinski definition) is 4. The summed E-state index contributed by atoms with van der Waals surface area (Å²) < 4.78 is 5.18. The van der Waals surface area contributed by atoms with Gasteiger partial charge in [0.05, 0.1) is 5.41 Å². The van der Waals surface area contributed by atoms with Crippen LogP contribution in [0.4, 0.5) is 0 Å². The Morgan fingerprint density at radius 1 is 1.14 bits per heavy atom. The Morgan fingerprint density at radius 3 is 2.18 bits per heavy atom. The molecule has 0 unspecified atom stereocenters. The lowest BCUT2D eigenvalue weighted by molar-refractivity contribution is -0.154. The van der Waals surface area contributed by atoms with Gasteiger partial charge in [0, 0.05) is 30.9 Å². The minimum Gasteiger partial charge on any atom is -0.481 e. The SMILES string of the molecule is NC(=O)c1ccc(C(=O)NCC2(C(=O)O)CCOCC2)cc1. The Balaban J connectivity index is 2.01. The van der Waals surface area contributed by atoms with E-state index in [4.69, 9.17) is 10.5 Å². The number of carboxylic acids is 1. The zero-order chi connectivity index (χ0) is 16.2. The highest BCUT2D eigenvalue weighted by atomic mass is 16.5. The third-order valence-electron chi connectivity index (χ3n) is 3.92. The molecule has 1 fully saturated rings. The molecule has 1 aromatic carbocycles. The van der Waals surface area contributed by atoms with E-state index in [1.807, 2.05) is 0 Å². The Morgan fingerprint density at radius 2 is 1.68 bits per heavy atom. The molecule has 1 aliphatic rings. The normalized spacial score (nSPS) is 16.7. The maximum atomic E-state index is 12.1. The summed E-state index contributed by atoms with van der Waals surface area (Å²) in [6, 6.07) is 5.87. The fourth-order valence-electron chi connectivity index (χ4n) is 2.37. The molecule has 0 atom stereocenters. The highest BCUT2D eigenvalue weighted by Crippen LogP contribution is 2.30. The van der Waals surface area contributed by atoms with Crippen LogP contribution in [0.5, 0.6) is 0 Å². The highest BCUT2D eigenvalue weighted by molar-refractivity contribution is 5.97. The van der Waals surface area contributed by atoms with Gasteiger partial charge in [0.15, 0.2) is 0 Å². The molecule has 0 aliphatic carbocycles. The van der Waals surface area contributed by atoms with Crippen molar-refractivity contribution in [2.24, 2.45) is 11.1 Å². The van der Waals surface area contributed by atoms with E-state index in [-0.39, 0.29) is 12.5 Å². The summed E-state index contributed by atoms with van der Waals surface area (Å²) in [6.45, 7) is 0.785. The standard InChI is InChI=1S/C15H18N2O5/c16-12(18)10-1-3-11(4-2-10)13(19)17-9-15(14(20)21)5-7-22-8-6-15/h1-4H,5-9H2,(H2,16,18)(H,17,19)(H,20,21). The first-order valence-corrected chi connectivity index (χ1v) is 6.94. The molecule has 0 radical (unpaired) electrons. The predicted octanol–water partition coefficient (Wildman–Crippen LogP) is 0.397. The van der Waals surface area contributed by atoms with Crippen LogP contribution in [0.3, 0.4) is 0 Å². The van der Waals surface area contributed by atoms with Gasteiger partial charge in [-0.05, 0) is 37.1 Å². The summed E-state index contributed by atoms with van der Waals surface area (Å²) in [5.41, 5.74) is 4.80. The quantitative estimate of drug-likeness (QED) is 0.727. The molecular weight excluding hydrogens is 288 g/mol. The van der Waals surface area contributed by atoms with Gasteiger partial charge in [-0.15, -0.1) is 0 Å². The van der Waals surface area contributed by atoms with Crippen LogP contribution in [0.2, 0.25) is 0 Å². The Hall–Kier alpha value is -2.41. The second-order valence-corrected chi connectivity index (χ2v) is 5.32. The molecule has 1 aliphatic heterocycles. The lowest BCUT2D eigenvalue weighted by Gasteiger charge is -2.33. The molecule has 1 saturated heterocycles. The molecular formula is C15H18N2O5. The highest BCUT2D eigenvalue weighted by Gasteiger charge is 2.40. The molecule has 22 heavy (non-hydrogen) atoms. The van der Waals surface area contributed by atoms with Crippen molar-refractivity contribution >= 4 is 17.8 Å². The summed E-state index contributed by atoms with van der Waals surface area (Å²) in [5.74, 6) is -1.89. The van der Waals surface area contributed by atoms with E-state index in [9.17, 15) is 19.5 Å². The zero-order valence-corrected chi connectivity index (χ0v) is 12.0. The zero-order valence-electron chi connectivity index (χ0n) is 12.0. The third kappa shape index (κ3) is 3.43. The maximum absolute atomic E-state index is 12.1. The molecule has 2 rings (SSSR count). The number of carboxylic acid groups (broad SMARTS) is 1. The van der Waals surface area contributed by atoms with Crippen LogP contribution < -0.4 is 11.1 Å². The first-order chi connectivity index (χ1) is 10.4. The van der Waals surface area contributed by atoms with Crippen LogP contribution in [-0.4, -0.2) is 42.6 Å². The first-order valence-electron chi connectivity index (χ1n) is 6.94. The van der Waals surface area contributed by atoms with Crippen molar-refractivity contribution in [1.29, 1.82) is 0 Å². The van der Waals surface area contributed by atoms with Gasteiger partial charge in [-0.1, -0.05) is 0 Å². The number of benzene rings is 1. The number of rotatable bonds is 5. The van der Waals surface area contributed by atoms with E-state index in [0.29, 0.717) is 37.2 Å². The minimum atomic E-state index is -0.985. The van der Waals surface area contributed by atoms with Crippen molar-refractivity contribution in [1.82, 2.24) is 5.32 Å². The van der Waals surface area contributed by atoms with E-state index in [1.165, 1.54) is 24.3 Å². The molecule has 0 spiro atoms. The van der Waals surface area contributed by atoms with Crippen molar-refractivity contribution in [3.63, 3.8) is 0 Å². The molecule has 0 aromatic heterocycles. The summed E-state index contributed by atoms with van der Waals surface area (Å²) >= 11 is 0. The van der Waals surface area contributed by atoms with Gasteiger partial charge in [-0.25, -0.2) is 0 Å². The maximum Gasteiger partial charge on any atom is 0.311 e. The number of amides is 2. The van der Waals surface area contributed by atoms with E-state index >= 15 is 0 Å². The molecule has 1 aromatic rings. The van der Waals surface area contributed by atoms with Gasteiger partial charge in [0.2, 0.25) is 5.91 Å². The second-order valence-electron chi connectivity index (χ2n) is 5.32. The van der Waals surface area contributed by atoms with Crippen LogP contribution in [0.25, 0.3) is 0 Å². The Kier molecular flexibility index (Phi) is 4.77.